The topological polar surface area (TPSA) is 131 Å². The van der Waals surface area contributed by atoms with Crippen LogP contribution < -0.4 is 11.1 Å². The second-order valence-electron chi connectivity index (χ2n) is 9.96. The summed E-state index contributed by atoms with van der Waals surface area (Å²) in [6, 6.07) is -0.857. The SMILES string of the molecule is CCC/C=C\CCCCCCCC(=O)NC(COP(=O)(O)OCCN)C(O)/C=C/CCCCCCCCC. The fourth-order valence-electron chi connectivity index (χ4n) is 3.95. The van der Waals surface area contributed by atoms with Crippen molar-refractivity contribution in [1.29, 1.82) is 0 Å². The highest BCUT2D eigenvalue weighted by Gasteiger charge is 2.26. The van der Waals surface area contributed by atoms with E-state index < -0.39 is 20.0 Å². The Bertz CT molecular complexity index is 659. The van der Waals surface area contributed by atoms with E-state index in [2.05, 4.69) is 31.3 Å². The maximum absolute atomic E-state index is 12.5. The number of carbonyl (C=O) groups excluding carboxylic acids is 1. The largest absolute Gasteiger partial charge is 0.472 e. The summed E-state index contributed by atoms with van der Waals surface area (Å²) in [5.41, 5.74) is 5.31. The van der Waals surface area contributed by atoms with Crippen LogP contribution in [0.15, 0.2) is 24.3 Å². The highest BCUT2D eigenvalue weighted by molar-refractivity contribution is 7.47. The molecule has 0 aromatic carbocycles. The van der Waals surface area contributed by atoms with Gasteiger partial charge in [-0.25, -0.2) is 4.57 Å². The quantitative estimate of drug-likeness (QED) is 0.0499. The first-order valence-corrected chi connectivity index (χ1v) is 16.5. The summed E-state index contributed by atoms with van der Waals surface area (Å²) in [5, 5.41) is 13.4. The van der Waals surface area contributed by atoms with Crippen LogP contribution in [0.1, 0.15) is 123 Å². The fraction of sp³-hybridized carbons (Fsp3) is 0.828. The lowest BCUT2D eigenvalue weighted by molar-refractivity contribution is -0.123. The number of aliphatic hydroxyl groups is 1. The summed E-state index contributed by atoms with van der Waals surface area (Å²) in [5.74, 6) is -0.212. The van der Waals surface area contributed by atoms with Crippen LogP contribution in [-0.4, -0.2) is 47.8 Å². The number of phosphoric acid groups is 1. The van der Waals surface area contributed by atoms with Gasteiger partial charge in [-0.1, -0.05) is 102 Å². The van der Waals surface area contributed by atoms with E-state index in [1.165, 1.54) is 38.5 Å². The van der Waals surface area contributed by atoms with Gasteiger partial charge in [0.1, 0.15) is 0 Å². The summed E-state index contributed by atoms with van der Waals surface area (Å²) >= 11 is 0. The van der Waals surface area contributed by atoms with Gasteiger partial charge in [-0.3, -0.25) is 13.8 Å². The number of carbonyl (C=O) groups is 1. The number of rotatable bonds is 27. The molecule has 0 heterocycles. The van der Waals surface area contributed by atoms with E-state index in [1.807, 2.05) is 6.08 Å². The van der Waals surface area contributed by atoms with Crippen molar-refractivity contribution in [2.75, 3.05) is 19.8 Å². The van der Waals surface area contributed by atoms with E-state index >= 15 is 0 Å². The van der Waals surface area contributed by atoms with Crippen LogP contribution in [0, 0.1) is 0 Å². The number of phosphoric ester groups is 1. The Kier molecular flexibility index (Phi) is 25.5. The zero-order valence-electron chi connectivity index (χ0n) is 24.2. The Morgan fingerprint density at radius 3 is 2.05 bits per heavy atom. The molecule has 3 unspecified atom stereocenters. The summed E-state index contributed by atoms with van der Waals surface area (Å²) in [6.07, 6.45) is 25.2. The van der Waals surface area contributed by atoms with Crippen LogP contribution in [-0.2, 0) is 18.4 Å². The van der Waals surface area contributed by atoms with Gasteiger partial charge in [0.2, 0.25) is 5.91 Å². The van der Waals surface area contributed by atoms with Crippen molar-refractivity contribution in [3.8, 4) is 0 Å². The van der Waals surface area contributed by atoms with Gasteiger partial charge in [0.25, 0.3) is 0 Å². The monoisotopic (exact) mass is 560 g/mol. The summed E-state index contributed by atoms with van der Waals surface area (Å²) in [7, 11) is -4.32. The second kappa shape index (κ2) is 26.2. The highest BCUT2D eigenvalue weighted by atomic mass is 31.2. The lowest BCUT2D eigenvalue weighted by Crippen LogP contribution is -2.45. The van der Waals surface area contributed by atoms with Crippen molar-refractivity contribution in [1.82, 2.24) is 5.32 Å². The minimum atomic E-state index is -4.32. The van der Waals surface area contributed by atoms with E-state index in [4.69, 9.17) is 14.8 Å². The van der Waals surface area contributed by atoms with Crippen molar-refractivity contribution in [3.63, 3.8) is 0 Å². The average molecular weight is 561 g/mol. The molecule has 3 atom stereocenters. The maximum atomic E-state index is 12.5. The molecular weight excluding hydrogens is 503 g/mol. The minimum absolute atomic E-state index is 0.0770. The molecule has 0 aliphatic heterocycles. The summed E-state index contributed by atoms with van der Waals surface area (Å²) < 4.78 is 21.8. The van der Waals surface area contributed by atoms with E-state index in [0.717, 1.165) is 64.2 Å². The van der Waals surface area contributed by atoms with Gasteiger partial charge in [0.15, 0.2) is 0 Å². The molecule has 0 aromatic heterocycles. The van der Waals surface area contributed by atoms with Crippen LogP contribution in [0.2, 0.25) is 0 Å². The van der Waals surface area contributed by atoms with Crippen LogP contribution in [0.25, 0.3) is 0 Å². The number of amides is 1. The summed E-state index contributed by atoms with van der Waals surface area (Å²) in [6.45, 7) is 3.99. The first-order chi connectivity index (χ1) is 18.4. The fourth-order valence-corrected chi connectivity index (χ4v) is 4.71. The van der Waals surface area contributed by atoms with Crippen LogP contribution >= 0.6 is 7.82 Å². The molecule has 0 rings (SSSR count). The van der Waals surface area contributed by atoms with Crippen molar-refractivity contribution in [3.05, 3.63) is 24.3 Å². The van der Waals surface area contributed by atoms with E-state index in [1.54, 1.807) is 6.08 Å². The Morgan fingerprint density at radius 1 is 0.842 bits per heavy atom. The molecule has 5 N–H and O–H groups in total. The highest BCUT2D eigenvalue weighted by Crippen LogP contribution is 2.43. The van der Waals surface area contributed by atoms with E-state index in [-0.39, 0.29) is 25.7 Å². The van der Waals surface area contributed by atoms with Crippen molar-refractivity contribution >= 4 is 13.7 Å². The van der Waals surface area contributed by atoms with Gasteiger partial charge < -0.3 is 21.1 Å². The molecule has 0 aromatic rings. The third-order valence-corrected chi connectivity index (χ3v) is 7.24. The van der Waals surface area contributed by atoms with Crippen LogP contribution in [0.5, 0.6) is 0 Å². The Balaban J connectivity index is 4.51. The lowest BCUT2D eigenvalue weighted by atomic mass is 10.1. The lowest BCUT2D eigenvalue weighted by Gasteiger charge is -2.23. The number of allylic oxidation sites excluding steroid dienone is 3. The first-order valence-electron chi connectivity index (χ1n) is 15.0. The molecule has 38 heavy (non-hydrogen) atoms. The van der Waals surface area contributed by atoms with Gasteiger partial charge >= 0.3 is 7.82 Å². The first kappa shape index (κ1) is 37.0. The van der Waals surface area contributed by atoms with Gasteiger partial charge in [0.05, 0.1) is 25.4 Å². The molecule has 0 saturated heterocycles. The number of nitrogens with two attached hydrogens (primary N) is 1. The third kappa shape index (κ3) is 24.1. The molecule has 0 aliphatic carbocycles. The molecule has 0 radical (unpaired) electrons. The molecule has 9 heteroatoms. The third-order valence-electron chi connectivity index (χ3n) is 6.25. The van der Waals surface area contributed by atoms with Gasteiger partial charge in [-0.15, -0.1) is 0 Å². The Morgan fingerprint density at radius 2 is 1.42 bits per heavy atom. The van der Waals surface area contributed by atoms with Crippen molar-refractivity contribution < 1.29 is 28.4 Å². The summed E-state index contributed by atoms with van der Waals surface area (Å²) in [4.78, 5) is 22.3. The predicted molar refractivity (Wildman–Crippen MR) is 157 cm³/mol. The second-order valence-corrected chi connectivity index (χ2v) is 11.4. The number of unbranched alkanes of at least 4 members (excludes halogenated alkanes) is 13. The van der Waals surface area contributed by atoms with Crippen LogP contribution in [0.3, 0.4) is 0 Å². The van der Waals surface area contributed by atoms with Crippen LogP contribution in [0.4, 0.5) is 0 Å². The average Bonchev–Trinajstić information content (AvgIpc) is 2.89. The van der Waals surface area contributed by atoms with Crippen molar-refractivity contribution in [2.24, 2.45) is 5.73 Å². The number of hydrogen-bond acceptors (Lipinski definition) is 6. The number of nitrogens with one attached hydrogen (secondary N) is 1. The standard InChI is InChI=1S/C29H57N2O6P/c1-3-5-7-9-11-13-15-17-19-21-23-29(33)31-27(26-37-38(34,35)36-25-24-30)28(32)22-20-18-16-14-12-10-8-6-4-2/h7,9,20,22,27-28,32H,3-6,8,10-19,21,23-26,30H2,1-2H3,(H,31,33)(H,34,35)/b9-7-,22-20+. The number of hydrogen-bond donors (Lipinski definition) is 4. The molecule has 0 aliphatic rings. The Hall–Kier alpha value is -1.02. The zero-order chi connectivity index (χ0) is 28.3. The smallest absolute Gasteiger partial charge is 0.387 e. The molecule has 1 amide bonds. The zero-order valence-corrected chi connectivity index (χ0v) is 25.1. The molecule has 0 fully saturated rings. The number of aliphatic hydroxyl groups excluding tert-OH is 1. The normalized spacial score (nSPS) is 15.2. The molecular formula is C29H57N2O6P. The molecule has 0 spiro atoms. The van der Waals surface area contributed by atoms with E-state index in [9.17, 15) is 19.4 Å². The van der Waals surface area contributed by atoms with Crippen molar-refractivity contribution in [2.45, 2.75) is 135 Å². The molecule has 224 valence electrons. The maximum Gasteiger partial charge on any atom is 0.472 e. The minimum Gasteiger partial charge on any atom is -0.387 e. The molecule has 0 bridgehead atoms. The van der Waals surface area contributed by atoms with Gasteiger partial charge in [0, 0.05) is 13.0 Å². The molecule has 0 saturated carbocycles. The molecule has 8 nitrogen and oxygen atoms in total. The Labute approximate surface area is 232 Å². The van der Waals surface area contributed by atoms with Gasteiger partial charge in [-0.2, -0.15) is 0 Å². The van der Waals surface area contributed by atoms with Gasteiger partial charge in [-0.05, 0) is 38.5 Å². The predicted octanol–water partition coefficient (Wildman–Crippen LogP) is 6.71. The van der Waals surface area contributed by atoms with E-state index in [0.29, 0.717) is 6.42 Å².